The van der Waals surface area contributed by atoms with Crippen molar-refractivity contribution in [2.45, 2.75) is 44.2 Å². The number of halogens is 1. The number of carbonyl (C=O) groups is 1. The Balaban J connectivity index is 1.94. The van der Waals surface area contributed by atoms with Gasteiger partial charge < -0.3 is 10.5 Å². The molecule has 18 heavy (non-hydrogen) atoms. The number of carbonyl (C=O) groups excluding carboxylic acids is 1. The van der Waals surface area contributed by atoms with Crippen molar-refractivity contribution in [2.75, 3.05) is 0 Å². The number of hydrogen-bond donors (Lipinski definition) is 1. The zero-order valence-corrected chi connectivity index (χ0v) is 11.1. The van der Waals surface area contributed by atoms with Crippen LogP contribution in [0.1, 0.15) is 37.7 Å². The van der Waals surface area contributed by atoms with Crippen molar-refractivity contribution in [3.63, 3.8) is 0 Å². The van der Waals surface area contributed by atoms with E-state index in [-0.39, 0.29) is 12.6 Å². The molecule has 0 spiro atoms. The zero-order chi connectivity index (χ0) is 13.0. The molecule has 0 unspecified atom stereocenters. The summed E-state index contributed by atoms with van der Waals surface area (Å²) in [6, 6.07) is 7.34. The Morgan fingerprint density at radius 1 is 1.28 bits per heavy atom. The van der Waals surface area contributed by atoms with Gasteiger partial charge in [0.05, 0.1) is 0 Å². The highest BCUT2D eigenvalue weighted by Gasteiger charge is 2.36. The average Bonchev–Trinajstić information content (AvgIpc) is 2.38. The lowest BCUT2D eigenvalue weighted by atomic mass is 9.83. The SMILES string of the molecule is NC1(C(=O)OCc2ccccc2Cl)CCCCC1. The topological polar surface area (TPSA) is 52.3 Å². The molecule has 1 saturated carbocycles. The van der Waals surface area contributed by atoms with E-state index in [4.69, 9.17) is 22.1 Å². The Morgan fingerprint density at radius 3 is 2.61 bits per heavy atom. The number of benzene rings is 1. The summed E-state index contributed by atoms with van der Waals surface area (Å²) in [5.41, 5.74) is 6.12. The van der Waals surface area contributed by atoms with Crippen LogP contribution in [0.3, 0.4) is 0 Å². The van der Waals surface area contributed by atoms with E-state index in [1.165, 1.54) is 0 Å². The normalized spacial score (nSPS) is 18.3. The summed E-state index contributed by atoms with van der Waals surface area (Å²) in [5, 5.41) is 0.611. The molecule has 2 rings (SSSR count). The number of hydrogen-bond acceptors (Lipinski definition) is 3. The summed E-state index contributed by atoms with van der Waals surface area (Å²) in [5.74, 6) is -0.304. The van der Waals surface area contributed by atoms with E-state index in [9.17, 15) is 4.79 Å². The maximum absolute atomic E-state index is 12.0. The Morgan fingerprint density at radius 2 is 1.94 bits per heavy atom. The maximum atomic E-state index is 12.0. The molecule has 0 bridgehead atoms. The molecule has 1 aliphatic carbocycles. The van der Waals surface area contributed by atoms with E-state index in [0.29, 0.717) is 17.9 Å². The van der Waals surface area contributed by atoms with E-state index in [1.54, 1.807) is 6.07 Å². The van der Waals surface area contributed by atoms with Crippen molar-refractivity contribution in [1.82, 2.24) is 0 Å². The number of esters is 1. The molecule has 0 saturated heterocycles. The van der Waals surface area contributed by atoms with Gasteiger partial charge in [-0.25, -0.2) is 0 Å². The third kappa shape index (κ3) is 3.03. The maximum Gasteiger partial charge on any atom is 0.326 e. The Bertz CT molecular complexity index is 428. The van der Waals surface area contributed by atoms with Gasteiger partial charge in [0.2, 0.25) is 0 Å². The smallest absolute Gasteiger partial charge is 0.326 e. The molecule has 4 heteroatoms. The van der Waals surface area contributed by atoms with Gasteiger partial charge in [-0.3, -0.25) is 4.79 Å². The van der Waals surface area contributed by atoms with Crippen LogP contribution in [0.4, 0.5) is 0 Å². The van der Waals surface area contributed by atoms with Crippen LogP contribution in [-0.4, -0.2) is 11.5 Å². The van der Waals surface area contributed by atoms with Crippen LogP contribution in [0, 0.1) is 0 Å². The van der Waals surface area contributed by atoms with Crippen molar-refractivity contribution in [3.05, 3.63) is 34.9 Å². The van der Waals surface area contributed by atoms with Crippen LogP contribution in [-0.2, 0) is 16.1 Å². The summed E-state index contributed by atoms with van der Waals surface area (Å²) in [6.45, 7) is 0.192. The molecule has 3 nitrogen and oxygen atoms in total. The standard InChI is InChI=1S/C14H18ClNO2/c15-12-7-3-2-6-11(12)10-18-13(17)14(16)8-4-1-5-9-14/h2-3,6-7H,1,4-5,8-10,16H2. The highest BCUT2D eigenvalue weighted by Crippen LogP contribution is 2.27. The van der Waals surface area contributed by atoms with Crippen LogP contribution in [0.25, 0.3) is 0 Å². The minimum absolute atomic E-state index is 0.192. The third-order valence-corrected chi connectivity index (χ3v) is 3.84. The molecule has 98 valence electrons. The molecule has 1 aromatic carbocycles. The van der Waals surface area contributed by atoms with Gasteiger partial charge in [0, 0.05) is 10.6 Å². The molecule has 0 aliphatic heterocycles. The fourth-order valence-electron chi connectivity index (χ4n) is 2.29. The first-order valence-corrected chi connectivity index (χ1v) is 6.69. The minimum Gasteiger partial charge on any atom is -0.459 e. The largest absolute Gasteiger partial charge is 0.459 e. The zero-order valence-electron chi connectivity index (χ0n) is 10.3. The van der Waals surface area contributed by atoms with E-state index >= 15 is 0 Å². The van der Waals surface area contributed by atoms with Gasteiger partial charge in [0.25, 0.3) is 0 Å². The molecule has 0 amide bonds. The third-order valence-electron chi connectivity index (χ3n) is 3.47. The molecular formula is C14H18ClNO2. The fourth-order valence-corrected chi connectivity index (χ4v) is 2.48. The molecule has 0 aromatic heterocycles. The van der Waals surface area contributed by atoms with Crippen LogP contribution >= 0.6 is 11.6 Å². The van der Waals surface area contributed by atoms with Gasteiger partial charge >= 0.3 is 5.97 Å². The lowest BCUT2D eigenvalue weighted by molar-refractivity contribution is -0.152. The second-order valence-corrected chi connectivity index (χ2v) is 5.29. The molecule has 0 heterocycles. The lowest BCUT2D eigenvalue weighted by Gasteiger charge is -2.30. The highest BCUT2D eigenvalue weighted by molar-refractivity contribution is 6.31. The number of rotatable bonds is 3. The molecule has 0 atom stereocenters. The van der Waals surface area contributed by atoms with Gasteiger partial charge in [0.1, 0.15) is 12.1 Å². The highest BCUT2D eigenvalue weighted by atomic mass is 35.5. The van der Waals surface area contributed by atoms with Crippen molar-refractivity contribution in [1.29, 1.82) is 0 Å². The van der Waals surface area contributed by atoms with Crippen LogP contribution in [0.5, 0.6) is 0 Å². The lowest BCUT2D eigenvalue weighted by Crippen LogP contribution is -2.50. The molecule has 0 radical (unpaired) electrons. The average molecular weight is 268 g/mol. The monoisotopic (exact) mass is 267 g/mol. The Labute approximate surface area is 112 Å². The van der Waals surface area contributed by atoms with Gasteiger partial charge in [-0.05, 0) is 18.9 Å². The molecular weight excluding hydrogens is 250 g/mol. The van der Waals surface area contributed by atoms with Crippen LogP contribution < -0.4 is 5.73 Å². The first kappa shape index (κ1) is 13.4. The molecule has 1 aromatic rings. The molecule has 2 N–H and O–H groups in total. The Hall–Kier alpha value is -1.06. The van der Waals surface area contributed by atoms with Gasteiger partial charge in [-0.15, -0.1) is 0 Å². The van der Waals surface area contributed by atoms with E-state index < -0.39 is 5.54 Å². The second-order valence-electron chi connectivity index (χ2n) is 4.88. The molecule has 1 fully saturated rings. The first-order valence-electron chi connectivity index (χ1n) is 6.31. The summed E-state index contributed by atoms with van der Waals surface area (Å²) in [6.07, 6.45) is 4.58. The number of nitrogens with two attached hydrogens (primary N) is 1. The van der Waals surface area contributed by atoms with Gasteiger partial charge in [-0.1, -0.05) is 49.1 Å². The van der Waals surface area contributed by atoms with E-state index in [2.05, 4.69) is 0 Å². The minimum atomic E-state index is -0.792. The van der Waals surface area contributed by atoms with Crippen molar-refractivity contribution in [3.8, 4) is 0 Å². The number of ether oxygens (including phenoxy) is 1. The van der Waals surface area contributed by atoms with Crippen LogP contribution in [0.15, 0.2) is 24.3 Å². The van der Waals surface area contributed by atoms with E-state index in [0.717, 1.165) is 24.8 Å². The van der Waals surface area contributed by atoms with E-state index in [1.807, 2.05) is 18.2 Å². The van der Waals surface area contributed by atoms with Crippen molar-refractivity contribution < 1.29 is 9.53 Å². The van der Waals surface area contributed by atoms with Gasteiger partial charge in [-0.2, -0.15) is 0 Å². The molecule has 1 aliphatic rings. The Kier molecular flexibility index (Phi) is 4.25. The second kappa shape index (κ2) is 5.72. The summed E-state index contributed by atoms with van der Waals surface area (Å²) >= 11 is 6.01. The first-order chi connectivity index (χ1) is 8.62. The predicted octanol–water partition coefficient (Wildman–Crippen LogP) is 3.04. The fraction of sp³-hybridized carbons (Fsp3) is 0.500. The van der Waals surface area contributed by atoms with Crippen molar-refractivity contribution in [2.24, 2.45) is 5.73 Å². The predicted molar refractivity (Wildman–Crippen MR) is 71.3 cm³/mol. The van der Waals surface area contributed by atoms with Crippen LogP contribution in [0.2, 0.25) is 5.02 Å². The van der Waals surface area contributed by atoms with Gasteiger partial charge in [0.15, 0.2) is 0 Å². The quantitative estimate of drug-likeness (QED) is 0.857. The summed E-state index contributed by atoms with van der Waals surface area (Å²) in [7, 11) is 0. The van der Waals surface area contributed by atoms with Crippen molar-refractivity contribution >= 4 is 17.6 Å². The summed E-state index contributed by atoms with van der Waals surface area (Å²) in [4.78, 5) is 12.0. The summed E-state index contributed by atoms with van der Waals surface area (Å²) < 4.78 is 5.30.